The molecule has 0 bridgehead atoms. The summed E-state index contributed by atoms with van der Waals surface area (Å²) in [4.78, 5) is 21.7. The highest BCUT2D eigenvalue weighted by atomic mass is 35.5. The van der Waals surface area contributed by atoms with Gasteiger partial charge in [-0.3, -0.25) is 4.79 Å². The molecule has 1 spiro atoms. The molecule has 4 fully saturated rings. The summed E-state index contributed by atoms with van der Waals surface area (Å²) >= 11 is 6.32. The number of nitrogens with zero attached hydrogens (tertiary/aromatic N) is 3. The van der Waals surface area contributed by atoms with Crippen LogP contribution in [0.25, 0.3) is 0 Å². The lowest BCUT2D eigenvalue weighted by Crippen LogP contribution is -2.44. The number of aliphatic hydroxyl groups is 1. The highest BCUT2D eigenvalue weighted by Crippen LogP contribution is 2.49. The third-order valence-corrected chi connectivity index (χ3v) is 10.3. The number of pyridine rings is 1. The molecule has 1 aromatic carbocycles. The number of hydrogen-bond acceptors (Lipinski definition) is 8. The Morgan fingerprint density at radius 2 is 1.75 bits per heavy atom. The van der Waals surface area contributed by atoms with E-state index in [9.17, 15) is 18.3 Å². The van der Waals surface area contributed by atoms with Crippen molar-refractivity contribution >= 4 is 52.5 Å². The van der Waals surface area contributed by atoms with Gasteiger partial charge in [0.1, 0.15) is 11.6 Å². The number of β-amino-alcohol motifs (C(OH)–C–C–N with tert-alkyl or cyclic N) is 1. The van der Waals surface area contributed by atoms with E-state index < -0.39 is 27.6 Å². The fourth-order valence-electron chi connectivity index (χ4n) is 6.32. The van der Waals surface area contributed by atoms with Crippen LogP contribution in [0, 0.1) is 5.41 Å². The number of ether oxygens (including phenoxy) is 1. The number of piperidine rings is 1. The summed E-state index contributed by atoms with van der Waals surface area (Å²) < 4.78 is 34.8. The standard InChI is InChI=1S/C28H35ClN4O5S.H2S/c29-20-6-7-22(32-16-13-27(14-17-32)9-1-2-10-27)23(18-20)38-28(11-12-28)26(35)31-39(36,37)25-5-3-4-24(30-25)33-15-8-21(34)19-33;/h3-7,18,21,34H,1-2,8-17,19H2,(H,31,35);1H2/t21-;/m0./s1. The van der Waals surface area contributed by atoms with E-state index in [0.29, 0.717) is 54.4 Å². The van der Waals surface area contributed by atoms with Crippen molar-refractivity contribution in [3.05, 3.63) is 41.4 Å². The monoisotopic (exact) mass is 608 g/mol. The molecule has 2 N–H and O–H groups in total. The van der Waals surface area contributed by atoms with Crippen LogP contribution in [0.5, 0.6) is 5.75 Å². The molecule has 2 aliphatic heterocycles. The molecule has 1 aromatic heterocycles. The summed E-state index contributed by atoms with van der Waals surface area (Å²) in [6, 6.07) is 10.1. The molecule has 1 atom stereocenters. The van der Waals surface area contributed by atoms with E-state index in [1.54, 1.807) is 18.2 Å². The molecule has 2 aromatic rings. The summed E-state index contributed by atoms with van der Waals surface area (Å²) in [5.74, 6) is 0.243. The van der Waals surface area contributed by atoms with Crippen molar-refractivity contribution < 1.29 is 23.1 Å². The fourth-order valence-corrected chi connectivity index (χ4v) is 7.49. The third-order valence-electron chi connectivity index (χ3n) is 8.87. The SMILES string of the molecule is O=C(NS(=O)(=O)c1cccc(N2CC[C@H](O)C2)n1)C1(Oc2cc(Cl)ccc2N2CCC3(CCCC3)CC2)CC1.S. The molecular formula is C28H37ClN4O5S2. The van der Waals surface area contributed by atoms with Crippen LogP contribution in [-0.4, -0.2) is 62.3 Å². The number of hydrogen-bond donors (Lipinski definition) is 2. The maximum Gasteiger partial charge on any atom is 0.281 e. The normalized spacial score (nSPS) is 23.1. The predicted molar refractivity (Wildman–Crippen MR) is 159 cm³/mol. The van der Waals surface area contributed by atoms with E-state index in [0.717, 1.165) is 31.6 Å². The second-order valence-corrected chi connectivity index (χ2v) is 13.6. The van der Waals surface area contributed by atoms with E-state index in [4.69, 9.17) is 16.3 Å². The first-order valence-electron chi connectivity index (χ1n) is 13.9. The first kappa shape index (κ1) is 29.3. The highest BCUT2D eigenvalue weighted by molar-refractivity contribution is 7.90. The molecular weight excluding hydrogens is 572 g/mol. The molecule has 0 unspecified atom stereocenters. The lowest BCUT2D eigenvalue weighted by atomic mass is 9.77. The Kier molecular flexibility index (Phi) is 8.22. The van der Waals surface area contributed by atoms with Crippen LogP contribution < -0.4 is 19.3 Å². The van der Waals surface area contributed by atoms with E-state index in [-0.39, 0.29) is 18.5 Å². The minimum Gasteiger partial charge on any atom is -0.475 e. The van der Waals surface area contributed by atoms with Crippen LogP contribution >= 0.6 is 25.1 Å². The predicted octanol–water partition coefficient (Wildman–Crippen LogP) is 4.00. The molecule has 6 rings (SSSR count). The number of aliphatic hydroxyl groups excluding tert-OH is 1. The van der Waals surface area contributed by atoms with Crippen molar-refractivity contribution in [3.8, 4) is 5.75 Å². The lowest BCUT2D eigenvalue weighted by molar-refractivity contribution is -0.127. The Hall–Kier alpha value is -2.21. The number of halogens is 1. The molecule has 12 heteroatoms. The Labute approximate surface area is 247 Å². The van der Waals surface area contributed by atoms with Gasteiger partial charge in [0.2, 0.25) is 0 Å². The topological polar surface area (TPSA) is 112 Å². The van der Waals surface area contributed by atoms with E-state index in [2.05, 4.69) is 14.6 Å². The number of carbonyl (C=O) groups excluding carboxylic acids is 1. The van der Waals surface area contributed by atoms with Gasteiger partial charge in [0.15, 0.2) is 10.6 Å². The van der Waals surface area contributed by atoms with Gasteiger partial charge in [-0.15, -0.1) is 0 Å². The van der Waals surface area contributed by atoms with Crippen LogP contribution in [0.1, 0.15) is 57.8 Å². The van der Waals surface area contributed by atoms with Gasteiger partial charge < -0.3 is 19.6 Å². The summed E-state index contributed by atoms with van der Waals surface area (Å²) in [6.45, 7) is 2.81. The van der Waals surface area contributed by atoms with Crippen LogP contribution in [0.15, 0.2) is 41.4 Å². The molecule has 9 nitrogen and oxygen atoms in total. The van der Waals surface area contributed by atoms with E-state index in [1.807, 2.05) is 17.0 Å². The zero-order valence-electron chi connectivity index (χ0n) is 22.4. The van der Waals surface area contributed by atoms with Crippen molar-refractivity contribution in [3.63, 3.8) is 0 Å². The molecule has 2 saturated heterocycles. The van der Waals surface area contributed by atoms with Crippen molar-refractivity contribution in [2.24, 2.45) is 5.41 Å². The molecule has 40 heavy (non-hydrogen) atoms. The van der Waals surface area contributed by atoms with Crippen molar-refractivity contribution in [1.29, 1.82) is 0 Å². The maximum absolute atomic E-state index is 13.3. The molecule has 2 aliphatic carbocycles. The summed E-state index contributed by atoms with van der Waals surface area (Å²) in [5, 5.41) is 10.1. The largest absolute Gasteiger partial charge is 0.475 e. The van der Waals surface area contributed by atoms with Gasteiger partial charge >= 0.3 is 0 Å². The second kappa shape index (κ2) is 11.2. The molecule has 3 heterocycles. The number of sulfonamides is 1. The average Bonchev–Trinajstić information content (AvgIpc) is 3.34. The van der Waals surface area contributed by atoms with Crippen LogP contribution in [0.3, 0.4) is 0 Å². The van der Waals surface area contributed by atoms with Gasteiger partial charge in [-0.25, -0.2) is 9.71 Å². The van der Waals surface area contributed by atoms with Crippen LogP contribution in [-0.2, 0) is 14.8 Å². The average molecular weight is 609 g/mol. The number of benzene rings is 1. The number of amides is 1. The number of carbonyl (C=O) groups is 1. The molecule has 1 amide bonds. The van der Waals surface area contributed by atoms with Crippen LogP contribution in [0.2, 0.25) is 5.02 Å². The molecule has 0 radical (unpaired) electrons. The number of anilines is 2. The summed E-state index contributed by atoms with van der Waals surface area (Å²) in [7, 11) is -4.23. The third kappa shape index (κ3) is 5.89. The second-order valence-electron chi connectivity index (χ2n) is 11.6. The number of rotatable bonds is 7. The summed E-state index contributed by atoms with van der Waals surface area (Å²) in [5.41, 5.74) is 0.0814. The zero-order valence-corrected chi connectivity index (χ0v) is 25.0. The molecule has 2 saturated carbocycles. The van der Waals surface area contributed by atoms with E-state index >= 15 is 0 Å². The maximum atomic E-state index is 13.3. The Bertz CT molecular complexity index is 1350. The van der Waals surface area contributed by atoms with Crippen molar-refractivity contribution in [2.75, 3.05) is 36.0 Å². The van der Waals surface area contributed by atoms with Crippen LogP contribution in [0.4, 0.5) is 11.5 Å². The Morgan fingerprint density at radius 3 is 2.40 bits per heavy atom. The Balaban J connectivity index is 0.00000323. The number of nitrogens with one attached hydrogen (secondary N) is 1. The minimum absolute atomic E-state index is 0. The fraction of sp³-hybridized carbons (Fsp3) is 0.571. The Morgan fingerprint density at radius 1 is 1.02 bits per heavy atom. The van der Waals surface area contributed by atoms with Gasteiger partial charge in [-0.05, 0) is 61.8 Å². The van der Waals surface area contributed by atoms with Crippen molar-refractivity contribution in [2.45, 2.75) is 74.5 Å². The highest BCUT2D eigenvalue weighted by Gasteiger charge is 2.54. The zero-order chi connectivity index (χ0) is 27.3. The van der Waals surface area contributed by atoms with Gasteiger partial charge in [-0.1, -0.05) is 30.5 Å². The first-order chi connectivity index (χ1) is 18.7. The molecule has 4 aliphatic rings. The minimum atomic E-state index is -4.23. The van der Waals surface area contributed by atoms with Gasteiger partial charge in [0.25, 0.3) is 15.9 Å². The molecule has 218 valence electrons. The first-order valence-corrected chi connectivity index (χ1v) is 15.7. The summed E-state index contributed by atoms with van der Waals surface area (Å²) in [6.07, 6.45) is 8.46. The van der Waals surface area contributed by atoms with Gasteiger partial charge in [0, 0.05) is 50.1 Å². The number of aromatic nitrogens is 1. The van der Waals surface area contributed by atoms with E-state index in [1.165, 1.54) is 31.7 Å². The smallest absolute Gasteiger partial charge is 0.281 e. The quantitative estimate of drug-likeness (QED) is 0.485. The van der Waals surface area contributed by atoms with Crippen molar-refractivity contribution in [1.82, 2.24) is 9.71 Å². The lowest BCUT2D eigenvalue weighted by Gasteiger charge is -2.41. The van der Waals surface area contributed by atoms with Gasteiger partial charge in [-0.2, -0.15) is 21.9 Å². The van der Waals surface area contributed by atoms with Gasteiger partial charge in [0.05, 0.1) is 11.8 Å².